The Bertz CT molecular complexity index is 1300. The molecule has 5 amide bonds. The molecule has 0 saturated heterocycles. The number of carbonyl (C=O) groups is 3. The first-order valence-electron chi connectivity index (χ1n) is 17.1. The minimum atomic E-state index is -0.505. The fourth-order valence-electron chi connectivity index (χ4n) is 6.16. The van der Waals surface area contributed by atoms with E-state index < -0.39 is 6.04 Å². The molecule has 2 aliphatic rings. The number of fused-ring (bicyclic) bond motifs is 1. The lowest BCUT2D eigenvalue weighted by molar-refractivity contribution is -0.0115. The van der Waals surface area contributed by atoms with Crippen LogP contribution in [0.3, 0.4) is 0 Å². The first-order chi connectivity index (χ1) is 22.6. The van der Waals surface area contributed by atoms with Gasteiger partial charge in [0.05, 0.1) is 30.4 Å². The molecule has 0 bridgehead atoms. The van der Waals surface area contributed by atoms with E-state index in [-0.39, 0.29) is 55.3 Å². The number of amides is 5. The van der Waals surface area contributed by atoms with Crippen LogP contribution in [0.15, 0.2) is 48.5 Å². The zero-order chi connectivity index (χ0) is 33.8. The number of para-hydroxylation sites is 1. The van der Waals surface area contributed by atoms with Crippen LogP contribution in [0, 0.1) is 5.92 Å². The highest BCUT2D eigenvalue weighted by Crippen LogP contribution is 2.29. The molecular formula is C36H53N5O6. The largest absolute Gasteiger partial charge is 0.490 e. The molecule has 2 aromatic rings. The maximum atomic E-state index is 14.3. The molecule has 11 heteroatoms. The van der Waals surface area contributed by atoms with E-state index in [0.717, 1.165) is 44.9 Å². The van der Waals surface area contributed by atoms with Gasteiger partial charge in [0.25, 0.3) is 5.91 Å². The monoisotopic (exact) mass is 651 g/mol. The van der Waals surface area contributed by atoms with Crippen LogP contribution in [0.4, 0.5) is 21.0 Å². The molecule has 1 heterocycles. The molecular weight excluding hydrogens is 598 g/mol. The van der Waals surface area contributed by atoms with Gasteiger partial charge < -0.3 is 40.3 Å². The highest BCUT2D eigenvalue weighted by atomic mass is 16.5. The van der Waals surface area contributed by atoms with E-state index in [2.05, 4.69) is 16.0 Å². The van der Waals surface area contributed by atoms with E-state index in [4.69, 9.17) is 9.47 Å². The van der Waals surface area contributed by atoms with Gasteiger partial charge in [-0.2, -0.15) is 0 Å². The summed E-state index contributed by atoms with van der Waals surface area (Å²) >= 11 is 0. The maximum absolute atomic E-state index is 14.3. The molecule has 0 radical (unpaired) electrons. The number of hydrogen-bond donors (Lipinski definition) is 4. The van der Waals surface area contributed by atoms with E-state index in [9.17, 15) is 19.5 Å². The molecule has 4 N–H and O–H groups in total. The topological polar surface area (TPSA) is 132 Å². The molecule has 0 unspecified atom stereocenters. The summed E-state index contributed by atoms with van der Waals surface area (Å²) in [6, 6.07) is 13.5. The number of likely N-dealkylation sites (N-methyl/N-ethyl adjacent to an activating group) is 1. The molecule has 0 aromatic heterocycles. The van der Waals surface area contributed by atoms with Crippen molar-refractivity contribution in [1.82, 2.24) is 15.1 Å². The van der Waals surface area contributed by atoms with Crippen LogP contribution < -0.4 is 20.7 Å². The van der Waals surface area contributed by atoms with Gasteiger partial charge in [-0.1, -0.05) is 44.4 Å². The van der Waals surface area contributed by atoms with Crippen LogP contribution >= 0.6 is 0 Å². The van der Waals surface area contributed by atoms with Crippen molar-refractivity contribution in [2.24, 2.45) is 5.92 Å². The van der Waals surface area contributed by atoms with Crippen LogP contribution in [0.1, 0.15) is 82.5 Å². The minimum absolute atomic E-state index is 0.146. The van der Waals surface area contributed by atoms with Crippen molar-refractivity contribution in [2.75, 3.05) is 44.0 Å². The first kappa shape index (κ1) is 36.0. The van der Waals surface area contributed by atoms with E-state index >= 15 is 0 Å². The fraction of sp³-hybridized carbons (Fsp3) is 0.583. The summed E-state index contributed by atoms with van der Waals surface area (Å²) < 4.78 is 12.7. The van der Waals surface area contributed by atoms with Crippen LogP contribution in [0.5, 0.6) is 5.75 Å². The third-order valence-corrected chi connectivity index (χ3v) is 9.08. The second-order valence-corrected chi connectivity index (χ2v) is 13.1. The first-order valence-corrected chi connectivity index (χ1v) is 17.1. The van der Waals surface area contributed by atoms with Gasteiger partial charge in [0.15, 0.2) is 0 Å². The number of hydrogen-bond acceptors (Lipinski definition) is 6. The number of rotatable bonds is 7. The lowest BCUT2D eigenvalue weighted by Gasteiger charge is -2.35. The molecule has 0 spiro atoms. The highest BCUT2D eigenvalue weighted by Gasteiger charge is 2.31. The van der Waals surface area contributed by atoms with Gasteiger partial charge in [-0.3, -0.25) is 4.79 Å². The number of carbonyl (C=O) groups excluding carboxylic acids is 3. The molecule has 258 valence electrons. The Morgan fingerprint density at radius 3 is 2.43 bits per heavy atom. The van der Waals surface area contributed by atoms with Crippen molar-refractivity contribution >= 4 is 29.3 Å². The quantitative estimate of drug-likeness (QED) is 0.286. The molecule has 2 aromatic carbocycles. The van der Waals surface area contributed by atoms with E-state index in [0.29, 0.717) is 35.8 Å². The standard InChI is InChI=1S/C36H53N5O6/c1-25-22-41(26(2)24-42)34(43)31-21-30(38-35(44)37-28-14-7-5-8-15-28)18-19-32(31)47-27(3)13-11-12-20-46-33(25)23-40(4)36(45)39-29-16-9-6-10-17-29/h6,9-10,16-19,21,25-28,33,42H,5,7-8,11-15,20,22-24H2,1-4H3,(H,39,45)(H2,37,38,44)/t25-,26+,27-,33-/m0/s1. The molecule has 1 aliphatic heterocycles. The van der Waals surface area contributed by atoms with Crippen molar-refractivity contribution in [3.05, 3.63) is 54.1 Å². The number of anilines is 2. The van der Waals surface area contributed by atoms with E-state index in [1.807, 2.05) is 44.2 Å². The Morgan fingerprint density at radius 2 is 1.70 bits per heavy atom. The highest BCUT2D eigenvalue weighted by molar-refractivity contribution is 5.99. The predicted octanol–water partition coefficient (Wildman–Crippen LogP) is 6.10. The number of aliphatic hydroxyl groups is 1. The van der Waals surface area contributed by atoms with Gasteiger partial charge in [0.1, 0.15) is 5.75 Å². The van der Waals surface area contributed by atoms with Crippen molar-refractivity contribution in [2.45, 2.75) is 96.4 Å². The number of ether oxygens (including phenoxy) is 2. The predicted molar refractivity (Wildman–Crippen MR) is 184 cm³/mol. The molecule has 4 rings (SSSR count). The summed E-state index contributed by atoms with van der Waals surface area (Å²) in [6.45, 7) is 6.63. The van der Waals surface area contributed by atoms with Crippen molar-refractivity contribution < 1.29 is 29.0 Å². The third-order valence-electron chi connectivity index (χ3n) is 9.08. The molecule has 1 fully saturated rings. The minimum Gasteiger partial charge on any atom is -0.490 e. The molecule has 11 nitrogen and oxygen atoms in total. The number of nitrogens with zero attached hydrogens (tertiary/aromatic N) is 2. The molecule has 1 saturated carbocycles. The fourth-order valence-corrected chi connectivity index (χ4v) is 6.16. The second kappa shape index (κ2) is 17.9. The smallest absolute Gasteiger partial charge is 0.321 e. The van der Waals surface area contributed by atoms with Crippen LogP contribution in [-0.4, -0.2) is 90.5 Å². The van der Waals surface area contributed by atoms with Gasteiger partial charge in [-0.15, -0.1) is 0 Å². The summed E-state index contributed by atoms with van der Waals surface area (Å²) in [5.41, 5.74) is 1.50. The molecule has 1 aliphatic carbocycles. The van der Waals surface area contributed by atoms with Crippen LogP contribution in [0.2, 0.25) is 0 Å². The summed E-state index contributed by atoms with van der Waals surface area (Å²) in [7, 11) is 1.73. The normalized spacial score (nSPS) is 22.2. The lowest BCUT2D eigenvalue weighted by atomic mass is 9.96. The summed E-state index contributed by atoms with van der Waals surface area (Å²) in [4.78, 5) is 43.5. The Hall–Kier alpha value is -3.83. The van der Waals surface area contributed by atoms with Gasteiger partial charge in [-0.05, 0) is 76.3 Å². The van der Waals surface area contributed by atoms with Crippen molar-refractivity contribution in [3.8, 4) is 5.75 Å². The summed E-state index contributed by atoms with van der Waals surface area (Å²) in [5, 5.41) is 19.1. The van der Waals surface area contributed by atoms with E-state index in [1.54, 1.807) is 42.0 Å². The van der Waals surface area contributed by atoms with Crippen LogP contribution in [0.25, 0.3) is 0 Å². The SMILES string of the molecule is C[C@H](CO)N1C[C@H](C)[C@H](CN(C)C(=O)Nc2ccccc2)OCCCC[C@H](C)Oc2ccc(NC(=O)NC3CCCCC3)cc2C1=O. The zero-order valence-electron chi connectivity index (χ0n) is 28.4. The van der Waals surface area contributed by atoms with Gasteiger partial charge >= 0.3 is 12.1 Å². The molecule has 47 heavy (non-hydrogen) atoms. The Balaban J connectivity index is 1.56. The van der Waals surface area contributed by atoms with E-state index in [1.165, 1.54) is 6.42 Å². The van der Waals surface area contributed by atoms with Gasteiger partial charge in [-0.25, -0.2) is 9.59 Å². The second-order valence-electron chi connectivity index (χ2n) is 13.1. The number of nitrogens with one attached hydrogen (secondary N) is 3. The number of urea groups is 2. The Kier molecular flexibility index (Phi) is 13.7. The summed E-state index contributed by atoms with van der Waals surface area (Å²) in [5.74, 6) is -0.0673. The number of aliphatic hydroxyl groups excluding tert-OH is 1. The van der Waals surface area contributed by atoms with Gasteiger partial charge in [0, 0.05) is 50.1 Å². The number of benzene rings is 2. The zero-order valence-corrected chi connectivity index (χ0v) is 28.4. The lowest BCUT2D eigenvalue weighted by Crippen LogP contribution is -2.48. The summed E-state index contributed by atoms with van der Waals surface area (Å²) in [6.07, 6.45) is 7.25. The van der Waals surface area contributed by atoms with Crippen LogP contribution in [-0.2, 0) is 4.74 Å². The average Bonchev–Trinajstić information content (AvgIpc) is 3.06. The Labute approximate surface area is 279 Å². The Morgan fingerprint density at radius 1 is 0.979 bits per heavy atom. The van der Waals surface area contributed by atoms with Crippen molar-refractivity contribution in [3.63, 3.8) is 0 Å². The van der Waals surface area contributed by atoms with Crippen molar-refractivity contribution in [1.29, 1.82) is 0 Å². The maximum Gasteiger partial charge on any atom is 0.321 e. The van der Waals surface area contributed by atoms with Gasteiger partial charge in [0.2, 0.25) is 0 Å². The third kappa shape index (κ3) is 10.9. The molecule has 4 atom stereocenters. The average molecular weight is 652 g/mol.